The van der Waals surface area contributed by atoms with Crippen LogP contribution in [0.15, 0.2) is 35.2 Å². The van der Waals surface area contributed by atoms with Crippen molar-refractivity contribution in [3.63, 3.8) is 0 Å². The molecule has 1 amide bonds. The number of nitrogens with one attached hydrogen (secondary N) is 1. The molecule has 0 saturated heterocycles. The Hall–Kier alpha value is -1.86. The molecule has 0 radical (unpaired) electrons. The van der Waals surface area contributed by atoms with E-state index in [1.165, 1.54) is 19.2 Å². The maximum atomic E-state index is 12.7. The maximum absolute atomic E-state index is 12.7. The minimum atomic E-state index is -3.71. The van der Waals surface area contributed by atoms with Gasteiger partial charge in [0.15, 0.2) is 0 Å². The lowest BCUT2D eigenvalue weighted by molar-refractivity contribution is 0.0778. The average Bonchev–Trinajstić information content (AvgIpc) is 3.34. The standard InChI is InChI=1S/C17H24N2O4S/c1-5-19(11-12(2)3)17(20)13-6-9-15(23-4)16(10-13)24(21,22)18-14-7-8-14/h6,9-10,14,18H,2,5,7-8,11H2,1,3-4H3. The molecule has 0 atom stereocenters. The lowest BCUT2D eigenvalue weighted by atomic mass is 10.1. The lowest BCUT2D eigenvalue weighted by Gasteiger charge is -2.21. The molecule has 1 aliphatic rings. The minimum absolute atomic E-state index is 0.00544. The quantitative estimate of drug-likeness (QED) is 0.728. The average molecular weight is 352 g/mol. The summed E-state index contributed by atoms with van der Waals surface area (Å²) in [6, 6.07) is 4.46. The van der Waals surface area contributed by atoms with Crippen molar-refractivity contribution < 1.29 is 17.9 Å². The number of carbonyl (C=O) groups excluding carboxylic acids is 1. The van der Waals surface area contributed by atoms with Crippen molar-refractivity contribution in [1.82, 2.24) is 9.62 Å². The van der Waals surface area contributed by atoms with Crippen LogP contribution in [0.1, 0.15) is 37.0 Å². The number of benzene rings is 1. The van der Waals surface area contributed by atoms with Crippen molar-refractivity contribution in [1.29, 1.82) is 0 Å². The monoisotopic (exact) mass is 352 g/mol. The van der Waals surface area contributed by atoms with Crippen LogP contribution in [-0.4, -0.2) is 45.5 Å². The molecule has 0 aliphatic heterocycles. The first-order valence-electron chi connectivity index (χ1n) is 7.92. The predicted molar refractivity (Wildman–Crippen MR) is 92.7 cm³/mol. The number of nitrogens with zero attached hydrogens (tertiary/aromatic N) is 1. The van der Waals surface area contributed by atoms with Gasteiger partial charge in [-0.15, -0.1) is 0 Å². The Morgan fingerprint density at radius 3 is 2.58 bits per heavy atom. The van der Waals surface area contributed by atoms with Gasteiger partial charge in [-0.1, -0.05) is 12.2 Å². The summed E-state index contributed by atoms with van der Waals surface area (Å²) in [5, 5.41) is 0. The molecule has 1 aromatic carbocycles. The van der Waals surface area contributed by atoms with Gasteiger partial charge in [0.25, 0.3) is 5.91 Å². The third-order valence-electron chi connectivity index (χ3n) is 3.73. The molecular formula is C17H24N2O4S. The van der Waals surface area contributed by atoms with Crippen LogP contribution in [0.4, 0.5) is 0 Å². The molecule has 1 aliphatic carbocycles. The van der Waals surface area contributed by atoms with Gasteiger partial charge in [0, 0.05) is 24.7 Å². The normalized spacial score (nSPS) is 14.3. The van der Waals surface area contributed by atoms with Gasteiger partial charge in [0.1, 0.15) is 10.6 Å². The topological polar surface area (TPSA) is 75.7 Å². The molecule has 2 rings (SSSR count). The number of amides is 1. The Labute approximate surface area is 143 Å². The number of hydrogen-bond donors (Lipinski definition) is 1. The Kier molecular flexibility index (Phi) is 5.66. The minimum Gasteiger partial charge on any atom is -0.495 e. The van der Waals surface area contributed by atoms with Crippen molar-refractivity contribution >= 4 is 15.9 Å². The zero-order chi connectivity index (χ0) is 17.9. The van der Waals surface area contributed by atoms with Gasteiger partial charge in [0.05, 0.1) is 7.11 Å². The van der Waals surface area contributed by atoms with Crippen molar-refractivity contribution in [2.24, 2.45) is 0 Å². The van der Waals surface area contributed by atoms with Crippen LogP contribution in [0, 0.1) is 0 Å². The van der Waals surface area contributed by atoms with E-state index in [4.69, 9.17) is 4.74 Å². The maximum Gasteiger partial charge on any atom is 0.254 e. The first kappa shape index (κ1) is 18.5. The van der Waals surface area contributed by atoms with Crippen LogP contribution in [0.3, 0.4) is 0 Å². The van der Waals surface area contributed by atoms with E-state index in [2.05, 4.69) is 11.3 Å². The van der Waals surface area contributed by atoms with E-state index in [1.54, 1.807) is 11.0 Å². The zero-order valence-corrected chi connectivity index (χ0v) is 15.1. The summed E-state index contributed by atoms with van der Waals surface area (Å²) in [6.45, 7) is 8.49. The molecule has 7 heteroatoms. The molecule has 0 aromatic heterocycles. The van der Waals surface area contributed by atoms with Crippen molar-refractivity contribution in [2.45, 2.75) is 37.6 Å². The molecule has 0 bridgehead atoms. The molecule has 0 spiro atoms. The molecule has 6 nitrogen and oxygen atoms in total. The molecule has 1 N–H and O–H groups in total. The lowest BCUT2D eigenvalue weighted by Crippen LogP contribution is -2.32. The number of carbonyl (C=O) groups is 1. The van der Waals surface area contributed by atoms with Gasteiger partial charge >= 0.3 is 0 Å². The molecule has 0 heterocycles. The fraction of sp³-hybridized carbons (Fsp3) is 0.471. The summed E-state index contributed by atoms with van der Waals surface area (Å²) >= 11 is 0. The third kappa shape index (κ3) is 4.36. The molecule has 1 saturated carbocycles. The summed E-state index contributed by atoms with van der Waals surface area (Å²) in [4.78, 5) is 14.3. The van der Waals surface area contributed by atoms with Crippen molar-refractivity contribution in [3.05, 3.63) is 35.9 Å². The smallest absolute Gasteiger partial charge is 0.254 e. The Bertz CT molecular complexity index is 739. The van der Waals surface area contributed by atoms with Crippen LogP contribution in [0.5, 0.6) is 5.75 Å². The second kappa shape index (κ2) is 7.36. The SMILES string of the molecule is C=C(C)CN(CC)C(=O)c1ccc(OC)c(S(=O)(=O)NC2CC2)c1. The summed E-state index contributed by atoms with van der Waals surface area (Å²) in [5.41, 5.74) is 1.18. The first-order valence-corrected chi connectivity index (χ1v) is 9.40. The number of rotatable bonds is 8. The van der Waals surface area contributed by atoms with E-state index in [0.717, 1.165) is 18.4 Å². The second-order valence-electron chi connectivity index (χ2n) is 6.04. The molecule has 24 heavy (non-hydrogen) atoms. The fourth-order valence-corrected chi connectivity index (χ4v) is 3.84. The largest absolute Gasteiger partial charge is 0.495 e. The van der Waals surface area contributed by atoms with Crippen LogP contribution in [-0.2, 0) is 10.0 Å². The van der Waals surface area contributed by atoms with E-state index in [-0.39, 0.29) is 22.6 Å². The van der Waals surface area contributed by atoms with E-state index >= 15 is 0 Å². The van der Waals surface area contributed by atoms with Gasteiger partial charge in [-0.25, -0.2) is 13.1 Å². The molecule has 132 valence electrons. The van der Waals surface area contributed by atoms with E-state index in [9.17, 15) is 13.2 Å². The summed E-state index contributed by atoms with van der Waals surface area (Å²) in [5.74, 6) is -0.00586. The third-order valence-corrected chi connectivity index (χ3v) is 5.27. The predicted octanol–water partition coefficient (Wildman–Crippen LogP) is 2.17. The second-order valence-corrected chi connectivity index (χ2v) is 7.72. The van der Waals surface area contributed by atoms with Crippen molar-refractivity contribution in [3.8, 4) is 5.75 Å². The molecular weight excluding hydrogens is 328 g/mol. The molecule has 1 fully saturated rings. The van der Waals surface area contributed by atoms with Crippen LogP contribution >= 0.6 is 0 Å². The van der Waals surface area contributed by atoms with Crippen LogP contribution in [0.2, 0.25) is 0 Å². The summed E-state index contributed by atoms with van der Waals surface area (Å²) < 4.78 is 32.8. The first-order chi connectivity index (χ1) is 11.3. The van der Waals surface area contributed by atoms with Gasteiger partial charge < -0.3 is 9.64 Å². The zero-order valence-electron chi connectivity index (χ0n) is 14.3. The van der Waals surface area contributed by atoms with Crippen LogP contribution < -0.4 is 9.46 Å². The molecule has 1 aromatic rings. The number of hydrogen-bond acceptors (Lipinski definition) is 4. The fourth-order valence-electron chi connectivity index (χ4n) is 2.34. The highest BCUT2D eigenvalue weighted by Gasteiger charge is 2.30. The summed E-state index contributed by atoms with van der Waals surface area (Å²) in [7, 11) is -2.31. The summed E-state index contributed by atoms with van der Waals surface area (Å²) in [6.07, 6.45) is 1.67. The molecule has 0 unspecified atom stereocenters. The van der Waals surface area contributed by atoms with Gasteiger partial charge in [-0.2, -0.15) is 0 Å². The van der Waals surface area contributed by atoms with E-state index < -0.39 is 10.0 Å². The van der Waals surface area contributed by atoms with Gasteiger partial charge in [-0.05, 0) is 44.9 Å². The highest BCUT2D eigenvalue weighted by molar-refractivity contribution is 7.89. The van der Waals surface area contributed by atoms with Crippen LogP contribution in [0.25, 0.3) is 0 Å². The highest BCUT2D eigenvalue weighted by Crippen LogP contribution is 2.28. The number of ether oxygens (including phenoxy) is 1. The van der Waals surface area contributed by atoms with Gasteiger partial charge in [0.2, 0.25) is 10.0 Å². The number of methoxy groups -OCH3 is 1. The van der Waals surface area contributed by atoms with E-state index in [0.29, 0.717) is 18.7 Å². The van der Waals surface area contributed by atoms with E-state index in [1.807, 2.05) is 13.8 Å². The number of likely N-dealkylation sites (N-methyl/N-ethyl adjacent to an activating group) is 1. The number of sulfonamides is 1. The van der Waals surface area contributed by atoms with Crippen molar-refractivity contribution in [2.75, 3.05) is 20.2 Å². The Balaban J connectivity index is 2.36. The highest BCUT2D eigenvalue weighted by atomic mass is 32.2. The Morgan fingerprint density at radius 1 is 1.42 bits per heavy atom. The van der Waals surface area contributed by atoms with Gasteiger partial charge in [-0.3, -0.25) is 4.79 Å². The Morgan fingerprint density at radius 2 is 2.08 bits per heavy atom.